The van der Waals surface area contributed by atoms with E-state index in [0.29, 0.717) is 10.7 Å². The molecule has 4 N–H and O–H groups in total. The van der Waals surface area contributed by atoms with Gasteiger partial charge in [-0.25, -0.2) is 9.59 Å². The van der Waals surface area contributed by atoms with Crippen LogP contribution in [0, 0.1) is 0 Å². The van der Waals surface area contributed by atoms with Crippen molar-refractivity contribution in [1.82, 2.24) is 4.90 Å². The summed E-state index contributed by atoms with van der Waals surface area (Å²) in [6, 6.07) is 11.4. The summed E-state index contributed by atoms with van der Waals surface area (Å²) in [7, 11) is 1.50. The van der Waals surface area contributed by atoms with Crippen LogP contribution in [0.15, 0.2) is 48.5 Å². The fraction of sp³-hybridized carbons (Fsp3) is 0.200. The largest absolute Gasteiger partial charge is 0.473 e. The van der Waals surface area contributed by atoms with Gasteiger partial charge in [-0.15, -0.1) is 0 Å². The molecule has 9 nitrogen and oxygen atoms in total. The average Bonchev–Trinajstić information content (AvgIpc) is 2.69. The maximum absolute atomic E-state index is 12.9. The highest BCUT2D eigenvalue weighted by atomic mass is 35.5. The molecule has 0 aliphatic rings. The van der Waals surface area contributed by atoms with Gasteiger partial charge in [-0.2, -0.15) is 13.2 Å². The van der Waals surface area contributed by atoms with E-state index in [-0.39, 0.29) is 18.8 Å². The SMILES string of the molecule is CN(CC(=O)Nc1ccccc1Cl)CC(=O)Nc1ccccc1C(F)(F)F.O=C(O)C(=O)O. The van der Waals surface area contributed by atoms with Gasteiger partial charge in [-0.3, -0.25) is 14.5 Å². The summed E-state index contributed by atoms with van der Waals surface area (Å²) < 4.78 is 38.8. The fourth-order valence-corrected chi connectivity index (χ4v) is 2.51. The molecule has 0 bridgehead atoms. The summed E-state index contributed by atoms with van der Waals surface area (Å²) in [6.07, 6.45) is -4.58. The van der Waals surface area contributed by atoms with E-state index in [9.17, 15) is 22.8 Å². The fourth-order valence-electron chi connectivity index (χ4n) is 2.33. The van der Waals surface area contributed by atoms with E-state index in [4.69, 9.17) is 31.4 Å². The highest BCUT2D eigenvalue weighted by Gasteiger charge is 2.33. The van der Waals surface area contributed by atoms with Crippen LogP contribution in [0.4, 0.5) is 24.5 Å². The number of hydrogen-bond donors (Lipinski definition) is 4. The summed E-state index contributed by atoms with van der Waals surface area (Å²) in [5, 5.41) is 20.0. The smallest absolute Gasteiger partial charge is 0.418 e. The Morgan fingerprint density at radius 2 is 1.27 bits per heavy atom. The lowest BCUT2D eigenvalue weighted by atomic mass is 10.1. The van der Waals surface area contributed by atoms with Crippen LogP contribution in [-0.4, -0.2) is 59.0 Å². The van der Waals surface area contributed by atoms with Gasteiger partial charge in [-0.1, -0.05) is 35.9 Å². The van der Waals surface area contributed by atoms with Crippen molar-refractivity contribution in [1.29, 1.82) is 0 Å². The molecule has 13 heteroatoms. The van der Waals surface area contributed by atoms with Gasteiger partial charge in [0.1, 0.15) is 0 Å². The van der Waals surface area contributed by atoms with Crippen LogP contribution < -0.4 is 10.6 Å². The van der Waals surface area contributed by atoms with Gasteiger partial charge in [0.15, 0.2) is 0 Å². The molecule has 0 saturated heterocycles. The molecule has 0 saturated carbocycles. The number of anilines is 2. The number of amides is 2. The number of carboxylic acids is 2. The van der Waals surface area contributed by atoms with Crippen LogP contribution in [0.3, 0.4) is 0 Å². The molecule has 0 aromatic heterocycles. The van der Waals surface area contributed by atoms with Crippen LogP contribution in [0.5, 0.6) is 0 Å². The van der Waals surface area contributed by atoms with Crippen molar-refractivity contribution < 1.29 is 42.6 Å². The molecule has 0 unspecified atom stereocenters. The van der Waals surface area contributed by atoms with Crippen molar-refractivity contribution in [3.05, 3.63) is 59.1 Å². The third-order valence-electron chi connectivity index (χ3n) is 3.66. The van der Waals surface area contributed by atoms with E-state index < -0.39 is 35.5 Å². The van der Waals surface area contributed by atoms with Crippen LogP contribution >= 0.6 is 11.6 Å². The summed E-state index contributed by atoms with van der Waals surface area (Å²) in [5.74, 6) is -4.72. The number of rotatable bonds is 6. The minimum absolute atomic E-state index is 0.139. The van der Waals surface area contributed by atoms with Gasteiger partial charge in [0.25, 0.3) is 0 Å². The Morgan fingerprint density at radius 1 is 0.848 bits per heavy atom. The third kappa shape index (κ3) is 10.0. The predicted molar refractivity (Wildman–Crippen MR) is 113 cm³/mol. The number of likely N-dealkylation sites (N-methyl/N-ethyl adjacent to an activating group) is 1. The minimum Gasteiger partial charge on any atom is -0.473 e. The average molecular weight is 490 g/mol. The lowest BCUT2D eigenvalue weighted by Gasteiger charge is -2.18. The Labute approximate surface area is 190 Å². The van der Waals surface area contributed by atoms with Crippen LogP contribution in [0.25, 0.3) is 0 Å². The molecule has 0 spiro atoms. The molecular weight excluding hydrogens is 471 g/mol. The highest BCUT2D eigenvalue weighted by molar-refractivity contribution is 6.33. The predicted octanol–water partition coefficient (Wildman–Crippen LogP) is 3.02. The molecule has 2 aromatic rings. The normalized spacial score (nSPS) is 10.6. The molecule has 0 heterocycles. The molecule has 2 rings (SSSR count). The highest BCUT2D eigenvalue weighted by Crippen LogP contribution is 2.34. The Bertz CT molecular complexity index is 1000. The lowest BCUT2D eigenvalue weighted by molar-refractivity contribution is -0.159. The number of alkyl halides is 3. The maximum atomic E-state index is 12.9. The van der Waals surface area contributed by atoms with Crippen LogP contribution in [0.2, 0.25) is 5.02 Å². The second kappa shape index (κ2) is 12.4. The first-order valence-electron chi connectivity index (χ1n) is 8.96. The molecule has 0 aliphatic heterocycles. The number of nitrogens with zero attached hydrogens (tertiary/aromatic N) is 1. The molecule has 33 heavy (non-hydrogen) atoms. The summed E-state index contributed by atoms with van der Waals surface area (Å²) in [4.78, 5) is 43.6. The number of carboxylic acid groups (broad SMARTS) is 2. The Balaban J connectivity index is 0.000000801. The first kappa shape index (κ1) is 27.4. The van der Waals surface area contributed by atoms with Gasteiger partial charge in [0.05, 0.1) is 35.1 Å². The molecule has 0 radical (unpaired) electrons. The monoisotopic (exact) mass is 489 g/mol. The molecular formula is C20H19ClF3N3O6. The lowest BCUT2D eigenvalue weighted by Crippen LogP contribution is -2.36. The van der Waals surface area contributed by atoms with Crippen molar-refractivity contribution in [2.24, 2.45) is 0 Å². The number of hydrogen-bond acceptors (Lipinski definition) is 5. The zero-order valence-corrected chi connectivity index (χ0v) is 17.8. The van der Waals surface area contributed by atoms with E-state index >= 15 is 0 Å². The summed E-state index contributed by atoms with van der Waals surface area (Å²) in [6.45, 7) is -0.401. The first-order chi connectivity index (χ1) is 15.3. The molecule has 0 aliphatic carbocycles. The number of carbonyl (C=O) groups excluding carboxylic acids is 2. The summed E-state index contributed by atoms with van der Waals surface area (Å²) >= 11 is 5.95. The number of para-hydroxylation sites is 2. The second-order valence-electron chi connectivity index (χ2n) is 6.40. The van der Waals surface area contributed by atoms with Crippen molar-refractivity contribution in [3.63, 3.8) is 0 Å². The Morgan fingerprint density at radius 3 is 1.73 bits per heavy atom. The molecule has 2 amide bonds. The van der Waals surface area contributed by atoms with Crippen molar-refractivity contribution in [3.8, 4) is 0 Å². The maximum Gasteiger partial charge on any atom is 0.418 e. The van der Waals surface area contributed by atoms with E-state index in [2.05, 4.69) is 10.6 Å². The Hall–Kier alpha value is -3.64. The summed E-state index contributed by atoms with van der Waals surface area (Å²) in [5.41, 5.74) is -0.831. The number of aliphatic carboxylic acids is 2. The Kier molecular flexibility index (Phi) is 10.3. The molecule has 0 atom stereocenters. The third-order valence-corrected chi connectivity index (χ3v) is 3.99. The van der Waals surface area contributed by atoms with E-state index in [1.54, 1.807) is 24.3 Å². The van der Waals surface area contributed by atoms with Crippen LogP contribution in [-0.2, 0) is 25.4 Å². The van der Waals surface area contributed by atoms with E-state index in [1.165, 1.54) is 30.1 Å². The zero-order chi connectivity index (χ0) is 25.2. The van der Waals surface area contributed by atoms with Gasteiger partial charge in [0.2, 0.25) is 11.8 Å². The van der Waals surface area contributed by atoms with Gasteiger partial charge in [-0.05, 0) is 31.3 Å². The molecule has 2 aromatic carbocycles. The zero-order valence-electron chi connectivity index (χ0n) is 17.0. The number of benzene rings is 2. The van der Waals surface area contributed by atoms with Gasteiger partial charge >= 0.3 is 18.1 Å². The topological polar surface area (TPSA) is 136 Å². The second-order valence-corrected chi connectivity index (χ2v) is 6.81. The van der Waals surface area contributed by atoms with E-state index in [0.717, 1.165) is 6.07 Å². The number of carbonyl (C=O) groups is 4. The quantitative estimate of drug-likeness (QED) is 0.458. The first-order valence-corrected chi connectivity index (χ1v) is 9.34. The number of halogens is 4. The molecule has 178 valence electrons. The van der Waals surface area contributed by atoms with Gasteiger partial charge in [0, 0.05) is 0 Å². The van der Waals surface area contributed by atoms with Crippen molar-refractivity contribution in [2.75, 3.05) is 30.8 Å². The minimum atomic E-state index is -4.58. The van der Waals surface area contributed by atoms with E-state index in [1.807, 2.05) is 0 Å². The van der Waals surface area contributed by atoms with Gasteiger partial charge < -0.3 is 20.8 Å². The van der Waals surface area contributed by atoms with Crippen LogP contribution in [0.1, 0.15) is 5.56 Å². The van der Waals surface area contributed by atoms with Crippen molar-refractivity contribution >= 4 is 46.7 Å². The number of nitrogens with one attached hydrogen (secondary N) is 2. The molecule has 0 fully saturated rings. The van der Waals surface area contributed by atoms with Crippen molar-refractivity contribution in [2.45, 2.75) is 6.18 Å². The standard InChI is InChI=1S/C18H17ClF3N3O2.C2H2O4/c1-25(11-17(27)24-15-9-5-3-7-13(15)19)10-16(26)23-14-8-4-2-6-12(14)18(20,21)22;3-1(4)2(5)6/h2-9H,10-11H2,1H3,(H,23,26)(H,24,27);(H,3,4)(H,5,6).